The molecule has 0 radical (unpaired) electrons. The van der Waals surface area contributed by atoms with Crippen molar-refractivity contribution in [3.8, 4) is 0 Å². The van der Waals surface area contributed by atoms with Crippen molar-refractivity contribution in [2.45, 2.75) is 45.0 Å². The molecule has 2 aliphatic rings. The minimum absolute atomic E-state index is 0.0284. The van der Waals surface area contributed by atoms with Crippen LogP contribution in [-0.4, -0.2) is 31.7 Å². The van der Waals surface area contributed by atoms with Crippen LogP contribution in [0.3, 0.4) is 0 Å². The lowest BCUT2D eigenvalue weighted by Crippen LogP contribution is -2.30. The number of ether oxygens (including phenoxy) is 2. The smallest absolute Gasteiger partial charge is 0.151 e. The highest BCUT2D eigenvalue weighted by molar-refractivity contribution is 5.58. The number of hydrogen-bond acceptors (Lipinski definition) is 3. The molecule has 80 valence electrons. The van der Waals surface area contributed by atoms with E-state index in [1.54, 1.807) is 7.11 Å². The van der Waals surface area contributed by atoms with Gasteiger partial charge in [0, 0.05) is 13.0 Å². The number of hydrogen-bond donors (Lipinski definition) is 0. The van der Waals surface area contributed by atoms with Gasteiger partial charge in [-0.05, 0) is 18.3 Å². The summed E-state index contributed by atoms with van der Waals surface area (Å²) in [6.07, 6.45) is 2.87. The zero-order chi connectivity index (χ0) is 10.3. The quantitative estimate of drug-likeness (QED) is 0.629. The van der Waals surface area contributed by atoms with Crippen LogP contribution in [0.1, 0.15) is 26.7 Å². The van der Waals surface area contributed by atoms with E-state index in [9.17, 15) is 4.79 Å². The molecule has 0 N–H and O–H groups in total. The van der Waals surface area contributed by atoms with Crippen LogP contribution < -0.4 is 0 Å². The van der Waals surface area contributed by atoms with Gasteiger partial charge in [0.2, 0.25) is 0 Å². The molecule has 0 amide bonds. The predicted molar refractivity (Wildman–Crippen MR) is 52.0 cm³/mol. The van der Waals surface area contributed by atoms with Crippen LogP contribution in [0.25, 0.3) is 0 Å². The van der Waals surface area contributed by atoms with Gasteiger partial charge in [-0.3, -0.25) is 0 Å². The zero-order valence-electron chi connectivity index (χ0n) is 9.03. The maximum Gasteiger partial charge on any atom is 0.151 e. The molecule has 1 aliphatic carbocycles. The first-order valence-corrected chi connectivity index (χ1v) is 5.21. The van der Waals surface area contributed by atoms with E-state index in [1.807, 2.05) is 0 Å². The van der Waals surface area contributed by atoms with Gasteiger partial charge in [0.15, 0.2) is 6.29 Å². The van der Waals surface area contributed by atoms with Crippen LogP contribution >= 0.6 is 0 Å². The number of methoxy groups -OCH3 is 1. The first kappa shape index (κ1) is 10.1. The molecule has 1 heterocycles. The SMILES string of the molecule is CO[C@@H]1[C@H]2CC(C)(C)C[C@H]2O[C@@H]1C=O. The zero-order valence-corrected chi connectivity index (χ0v) is 9.03. The summed E-state index contributed by atoms with van der Waals surface area (Å²) >= 11 is 0. The highest BCUT2D eigenvalue weighted by Gasteiger charge is 2.52. The van der Waals surface area contributed by atoms with Crippen molar-refractivity contribution in [2.24, 2.45) is 11.3 Å². The lowest BCUT2D eigenvalue weighted by molar-refractivity contribution is -0.122. The molecule has 2 fully saturated rings. The lowest BCUT2D eigenvalue weighted by atomic mass is 9.88. The molecular weight excluding hydrogens is 180 g/mol. The molecule has 14 heavy (non-hydrogen) atoms. The molecule has 0 aromatic rings. The van der Waals surface area contributed by atoms with Crippen molar-refractivity contribution in [2.75, 3.05) is 7.11 Å². The Morgan fingerprint density at radius 1 is 1.43 bits per heavy atom. The van der Waals surface area contributed by atoms with Crippen molar-refractivity contribution in [1.82, 2.24) is 0 Å². The van der Waals surface area contributed by atoms with Crippen LogP contribution in [0.5, 0.6) is 0 Å². The first-order valence-electron chi connectivity index (χ1n) is 5.21. The predicted octanol–water partition coefficient (Wildman–Crippen LogP) is 1.40. The van der Waals surface area contributed by atoms with Crippen molar-refractivity contribution < 1.29 is 14.3 Å². The molecule has 3 heteroatoms. The molecule has 1 saturated heterocycles. The number of aldehydes is 1. The minimum Gasteiger partial charge on any atom is -0.378 e. The maximum absolute atomic E-state index is 10.8. The molecule has 1 aliphatic heterocycles. The Hall–Kier alpha value is -0.410. The van der Waals surface area contributed by atoms with Crippen LogP contribution in [0.2, 0.25) is 0 Å². The summed E-state index contributed by atoms with van der Waals surface area (Å²) in [6, 6.07) is 0. The second kappa shape index (κ2) is 3.31. The Kier molecular flexibility index (Phi) is 2.40. The van der Waals surface area contributed by atoms with E-state index >= 15 is 0 Å². The van der Waals surface area contributed by atoms with Gasteiger partial charge in [-0.15, -0.1) is 0 Å². The molecule has 3 nitrogen and oxygen atoms in total. The third kappa shape index (κ3) is 1.48. The second-order valence-corrected chi connectivity index (χ2v) is 5.21. The third-order valence-electron chi connectivity index (χ3n) is 3.50. The standard InChI is InChI=1S/C11H18O3/c1-11(2)4-7-8(5-11)14-9(6-12)10(7)13-3/h6-10H,4-5H2,1-3H3/t7-,8+,9+,10+/m0/s1. The number of carbonyl (C=O) groups is 1. The molecule has 4 atom stereocenters. The van der Waals surface area contributed by atoms with Gasteiger partial charge < -0.3 is 14.3 Å². The summed E-state index contributed by atoms with van der Waals surface area (Å²) in [5, 5.41) is 0. The fourth-order valence-corrected chi connectivity index (χ4v) is 2.97. The molecule has 0 bridgehead atoms. The number of carbonyl (C=O) groups excluding carboxylic acids is 1. The lowest BCUT2D eigenvalue weighted by Gasteiger charge is -2.22. The van der Waals surface area contributed by atoms with Crippen LogP contribution in [0, 0.1) is 11.3 Å². The minimum atomic E-state index is -0.342. The molecular formula is C11H18O3. The van der Waals surface area contributed by atoms with E-state index in [0.29, 0.717) is 11.3 Å². The van der Waals surface area contributed by atoms with E-state index in [0.717, 1.165) is 19.1 Å². The Balaban J connectivity index is 2.13. The first-order chi connectivity index (χ1) is 6.57. The van der Waals surface area contributed by atoms with E-state index in [2.05, 4.69) is 13.8 Å². The summed E-state index contributed by atoms with van der Waals surface area (Å²) in [5.41, 5.74) is 0.333. The fourth-order valence-electron chi connectivity index (χ4n) is 2.97. The van der Waals surface area contributed by atoms with Gasteiger partial charge in [-0.25, -0.2) is 0 Å². The Bertz CT molecular complexity index is 237. The fraction of sp³-hybridized carbons (Fsp3) is 0.909. The number of fused-ring (bicyclic) bond motifs is 1. The average Bonchev–Trinajstić information content (AvgIpc) is 2.55. The highest BCUT2D eigenvalue weighted by atomic mass is 16.6. The van der Waals surface area contributed by atoms with Gasteiger partial charge in [-0.2, -0.15) is 0 Å². The van der Waals surface area contributed by atoms with Gasteiger partial charge in [0.25, 0.3) is 0 Å². The molecule has 1 saturated carbocycles. The topological polar surface area (TPSA) is 35.5 Å². The monoisotopic (exact) mass is 198 g/mol. The maximum atomic E-state index is 10.8. The van der Waals surface area contributed by atoms with Crippen molar-refractivity contribution >= 4 is 6.29 Å². The van der Waals surface area contributed by atoms with Crippen LogP contribution in [0.15, 0.2) is 0 Å². The van der Waals surface area contributed by atoms with E-state index in [-0.39, 0.29) is 18.3 Å². The molecule has 0 aromatic heterocycles. The summed E-state index contributed by atoms with van der Waals surface area (Å²) in [6.45, 7) is 4.49. The largest absolute Gasteiger partial charge is 0.378 e. The van der Waals surface area contributed by atoms with Crippen molar-refractivity contribution in [3.05, 3.63) is 0 Å². The Labute approximate surface area is 84.8 Å². The molecule has 2 rings (SSSR count). The third-order valence-corrected chi connectivity index (χ3v) is 3.50. The van der Waals surface area contributed by atoms with E-state index in [1.165, 1.54) is 0 Å². The Morgan fingerprint density at radius 2 is 2.14 bits per heavy atom. The second-order valence-electron chi connectivity index (χ2n) is 5.21. The Morgan fingerprint density at radius 3 is 2.71 bits per heavy atom. The summed E-state index contributed by atoms with van der Waals surface area (Å²) in [7, 11) is 1.66. The van der Waals surface area contributed by atoms with Gasteiger partial charge >= 0.3 is 0 Å². The van der Waals surface area contributed by atoms with Gasteiger partial charge in [0.1, 0.15) is 6.10 Å². The van der Waals surface area contributed by atoms with Crippen molar-refractivity contribution in [3.63, 3.8) is 0 Å². The molecule has 0 unspecified atom stereocenters. The molecule has 0 aromatic carbocycles. The molecule has 0 spiro atoms. The van der Waals surface area contributed by atoms with E-state index < -0.39 is 0 Å². The highest BCUT2D eigenvalue weighted by Crippen LogP contribution is 2.49. The summed E-state index contributed by atoms with van der Waals surface area (Å²) in [5.74, 6) is 0.408. The summed E-state index contributed by atoms with van der Waals surface area (Å²) < 4.78 is 11.0. The van der Waals surface area contributed by atoms with Crippen molar-refractivity contribution in [1.29, 1.82) is 0 Å². The van der Waals surface area contributed by atoms with Crippen LogP contribution in [-0.2, 0) is 14.3 Å². The average molecular weight is 198 g/mol. The number of rotatable bonds is 2. The van der Waals surface area contributed by atoms with Gasteiger partial charge in [-0.1, -0.05) is 13.8 Å². The summed E-state index contributed by atoms with van der Waals surface area (Å²) in [4.78, 5) is 10.8. The van der Waals surface area contributed by atoms with E-state index in [4.69, 9.17) is 9.47 Å². The normalized spacial score (nSPS) is 45.1. The van der Waals surface area contributed by atoms with Gasteiger partial charge in [0.05, 0.1) is 12.2 Å². The van der Waals surface area contributed by atoms with Crippen LogP contribution in [0.4, 0.5) is 0 Å².